The highest BCUT2D eigenvalue weighted by atomic mass is 32.1. The predicted octanol–water partition coefficient (Wildman–Crippen LogP) is 3.80. The fourth-order valence-electron chi connectivity index (χ4n) is 3.25. The van der Waals surface area contributed by atoms with Crippen LogP contribution in [-0.4, -0.2) is 26.2 Å². The van der Waals surface area contributed by atoms with Crippen molar-refractivity contribution in [3.63, 3.8) is 0 Å². The van der Waals surface area contributed by atoms with E-state index in [-0.39, 0.29) is 17.2 Å². The van der Waals surface area contributed by atoms with Crippen LogP contribution >= 0.6 is 11.3 Å². The Balaban J connectivity index is 1.71. The van der Waals surface area contributed by atoms with Crippen molar-refractivity contribution in [2.24, 2.45) is 0 Å². The van der Waals surface area contributed by atoms with E-state index in [9.17, 15) is 14.4 Å². The molecule has 8 heteroatoms. The minimum Gasteiger partial charge on any atom is -0.324 e. The fourth-order valence-corrected chi connectivity index (χ4v) is 4.29. The lowest BCUT2D eigenvalue weighted by molar-refractivity contribution is -0.119. The number of anilines is 1. The third-order valence-electron chi connectivity index (χ3n) is 4.74. The van der Waals surface area contributed by atoms with E-state index in [1.165, 1.54) is 29.2 Å². The van der Waals surface area contributed by atoms with Gasteiger partial charge in [0.15, 0.2) is 5.78 Å². The highest BCUT2D eigenvalue weighted by molar-refractivity contribution is 7.25. The van der Waals surface area contributed by atoms with Gasteiger partial charge in [0, 0.05) is 22.8 Å². The first-order valence-electron chi connectivity index (χ1n) is 9.15. The number of ketones is 1. The lowest BCUT2D eigenvalue weighted by Gasteiger charge is -2.17. The van der Waals surface area contributed by atoms with Crippen LogP contribution in [0.3, 0.4) is 0 Å². The highest BCUT2D eigenvalue weighted by Gasteiger charge is 2.22. The molecule has 0 fully saturated rings. The molecule has 29 heavy (non-hydrogen) atoms. The number of carbonyl (C=O) groups is 2. The summed E-state index contributed by atoms with van der Waals surface area (Å²) < 4.78 is 1.84. The van der Waals surface area contributed by atoms with Crippen molar-refractivity contribution >= 4 is 49.1 Å². The van der Waals surface area contributed by atoms with Crippen LogP contribution in [0.4, 0.5) is 5.69 Å². The van der Waals surface area contributed by atoms with Crippen molar-refractivity contribution in [1.82, 2.24) is 14.5 Å². The normalized spacial score (nSPS) is 12.2. The summed E-state index contributed by atoms with van der Waals surface area (Å²) in [5, 5.41) is 3.63. The second kappa shape index (κ2) is 7.56. The van der Waals surface area contributed by atoms with Crippen molar-refractivity contribution < 1.29 is 9.59 Å². The van der Waals surface area contributed by atoms with Gasteiger partial charge >= 0.3 is 0 Å². The van der Waals surface area contributed by atoms with Gasteiger partial charge in [-0.2, -0.15) is 0 Å². The molecule has 0 aliphatic rings. The number of benzene rings is 1. The molecular weight excluding hydrogens is 388 g/mol. The summed E-state index contributed by atoms with van der Waals surface area (Å²) in [4.78, 5) is 47.0. The average Bonchev–Trinajstić information content (AvgIpc) is 3.10. The van der Waals surface area contributed by atoms with Gasteiger partial charge in [-0.15, -0.1) is 11.3 Å². The van der Waals surface area contributed by atoms with E-state index in [1.54, 1.807) is 36.5 Å². The zero-order valence-corrected chi connectivity index (χ0v) is 16.7. The van der Waals surface area contributed by atoms with E-state index < -0.39 is 6.04 Å². The zero-order valence-electron chi connectivity index (χ0n) is 15.9. The summed E-state index contributed by atoms with van der Waals surface area (Å²) in [6.07, 6.45) is 3.51. The number of rotatable bonds is 5. The molecule has 4 rings (SSSR count). The van der Waals surface area contributed by atoms with E-state index in [2.05, 4.69) is 15.3 Å². The molecule has 1 N–H and O–H groups in total. The molecule has 3 aromatic heterocycles. The van der Waals surface area contributed by atoms with E-state index in [1.807, 2.05) is 13.0 Å². The fraction of sp³-hybridized carbons (Fsp3) is 0.190. The number of Topliss-reactive ketones (excluding diaryl/α,β-unsaturated/α-hetero) is 1. The molecule has 0 saturated carbocycles. The minimum atomic E-state index is -0.724. The molecule has 0 aliphatic heterocycles. The van der Waals surface area contributed by atoms with Crippen LogP contribution in [0.25, 0.3) is 20.4 Å². The lowest BCUT2D eigenvalue weighted by Crippen LogP contribution is -2.33. The first-order chi connectivity index (χ1) is 14.0. The molecule has 7 nitrogen and oxygen atoms in total. The highest BCUT2D eigenvalue weighted by Crippen LogP contribution is 2.28. The van der Waals surface area contributed by atoms with Gasteiger partial charge in [-0.3, -0.25) is 19.0 Å². The molecule has 146 valence electrons. The second-order valence-corrected chi connectivity index (χ2v) is 7.64. The Morgan fingerprint density at radius 3 is 2.79 bits per heavy atom. The van der Waals surface area contributed by atoms with Crippen molar-refractivity contribution in [3.05, 3.63) is 64.8 Å². The molecule has 4 aromatic rings. The van der Waals surface area contributed by atoms with E-state index >= 15 is 0 Å². The Bertz CT molecular complexity index is 1310. The van der Waals surface area contributed by atoms with Crippen LogP contribution in [0.1, 0.15) is 36.7 Å². The molecule has 0 aliphatic carbocycles. The smallest absolute Gasteiger partial charge is 0.272 e. The Morgan fingerprint density at radius 1 is 1.21 bits per heavy atom. The quantitative estimate of drug-likeness (QED) is 0.509. The van der Waals surface area contributed by atoms with Crippen LogP contribution in [-0.2, 0) is 4.79 Å². The molecule has 0 radical (unpaired) electrons. The molecular formula is C21H18N4O3S. The van der Waals surface area contributed by atoms with Crippen LogP contribution < -0.4 is 10.9 Å². The molecule has 0 saturated heterocycles. The van der Waals surface area contributed by atoms with E-state index in [0.717, 1.165) is 10.2 Å². The number of amides is 1. The predicted molar refractivity (Wildman–Crippen MR) is 114 cm³/mol. The third kappa shape index (κ3) is 3.42. The van der Waals surface area contributed by atoms with E-state index in [4.69, 9.17) is 0 Å². The van der Waals surface area contributed by atoms with Crippen molar-refractivity contribution in [3.8, 4) is 0 Å². The Hall–Kier alpha value is -3.39. The number of pyridine rings is 1. The number of aromatic nitrogens is 3. The zero-order chi connectivity index (χ0) is 20.5. The summed E-state index contributed by atoms with van der Waals surface area (Å²) in [6.45, 7) is 3.30. The largest absolute Gasteiger partial charge is 0.324 e. The SMILES string of the molecule is CCC(C(=O)Nc1cccc(C(C)=O)c1)n1cnc2c(sc3ncccc32)c1=O. The Morgan fingerprint density at radius 2 is 2.03 bits per heavy atom. The van der Waals surface area contributed by atoms with Gasteiger partial charge in [-0.25, -0.2) is 9.97 Å². The maximum absolute atomic E-state index is 13.1. The average molecular weight is 406 g/mol. The van der Waals surface area contributed by atoms with Crippen molar-refractivity contribution in [2.75, 3.05) is 5.32 Å². The molecule has 3 heterocycles. The second-order valence-electron chi connectivity index (χ2n) is 6.64. The standard InChI is InChI=1S/C21H18N4O3S/c1-3-16(19(27)24-14-7-4-6-13(10-14)12(2)26)25-11-23-17-15-8-5-9-22-20(15)29-18(17)21(25)28/h4-11,16H,3H2,1-2H3,(H,24,27). The molecule has 1 unspecified atom stereocenters. The molecule has 1 atom stereocenters. The molecule has 1 aromatic carbocycles. The number of hydrogen-bond acceptors (Lipinski definition) is 6. The number of thiophene rings is 1. The maximum atomic E-state index is 13.1. The van der Waals surface area contributed by atoms with Gasteiger partial charge < -0.3 is 5.32 Å². The first kappa shape index (κ1) is 18.9. The van der Waals surface area contributed by atoms with Gasteiger partial charge in [0.05, 0.1) is 11.8 Å². The monoisotopic (exact) mass is 406 g/mol. The summed E-state index contributed by atoms with van der Waals surface area (Å²) in [5.74, 6) is -0.423. The summed E-state index contributed by atoms with van der Waals surface area (Å²) >= 11 is 1.28. The lowest BCUT2D eigenvalue weighted by atomic mass is 10.1. The molecule has 1 amide bonds. The molecule has 0 spiro atoms. The van der Waals surface area contributed by atoms with Crippen LogP contribution in [0.2, 0.25) is 0 Å². The Kier molecular flexibility index (Phi) is 4.94. The first-order valence-corrected chi connectivity index (χ1v) is 9.97. The van der Waals surface area contributed by atoms with Gasteiger partial charge in [0.2, 0.25) is 5.91 Å². The minimum absolute atomic E-state index is 0.0858. The van der Waals surface area contributed by atoms with Gasteiger partial charge in [0.25, 0.3) is 5.56 Å². The van der Waals surface area contributed by atoms with Crippen LogP contribution in [0.15, 0.2) is 53.7 Å². The number of nitrogens with one attached hydrogen (secondary N) is 1. The summed E-state index contributed by atoms with van der Waals surface area (Å²) in [6, 6.07) is 9.68. The maximum Gasteiger partial charge on any atom is 0.272 e. The van der Waals surface area contributed by atoms with Crippen LogP contribution in [0, 0.1) is 0 Å². The number of hydrogen-bond donors (Lipinski definition) is 1. The van der Waals surface area contributed by atoms with E-state index in [0.29, 0.717) is 27.9 Å². The van der Waals surface area contributed by atoms with Gasteiger partial charge in [0.1, 0.15) is 15.6 Å². The van der Waals surface area contributed by atoms with Crippen molar-refractivity contribution in [1.29, 1.82) is 0 Å². The Labute approximate surface area is 170 Å². The molecule has 0 bridgehead atoms. The van der Waals surface area contributed by atoms with Gasteiger partial charge in [-0.05, 0) is 37.6 Å². The topological polar surface area (TPSA) is 93.9 Å². The summed E-state index contributed by atoms with van der Waals surface area (Å²) in [7, 11) is 0. The number of nitrogens with zero attached hydrogens (tertiary/aromatic N) is 3. The van der Waals surface area contributed by atoms with Crippen molar-refractivity contribution in [2.45, 2.75) is 26.3 Å². The number of carbonyl (C=O) groups excluding carboxylic acids is 2. The summed E-state index contributed by atoms with van der Waals surface area (Å²) in [5.41, 5.74) is 1.35. The third-order valence-corrected chi connectivity index (χ3v) is 5.83. The van der Waals surface area contributed by atoms with Gasteiger partial charge in [-0.1, -0.05) is 19.1 Å². The number of fused-ring (bicyclic) bond motifs is 3. The van der Waals surface area contributed by atoms with Crippen LogP contribution in [0.5, 0.6) is 0 Å².